The summed E-state index contributed by atoms with van der Waals surface area (Å²) < 4.78 is 7.95. The summed E-state index contributed by atoms with van der Waals surface area (Å²) in [6, 6.07) is 2.80. The molecule has 6 nitrogen and oxygen atoms in total. The van der Waals surface area contributed by atoms with E-state index in [2.05, 4.69) is 31.6 Å². The molecule has 23 heavy (non-hydrogen) atoms. The standard InChI is InChI=1S/C16H20ClN5O/c1-11-16-20-19-15(10-23-14-7-12(17)8-18-9-14)22(16)6-5-21(11)13-3-2-4-13/h7-9,11,13H,2-6,10H2,1H3. The van der Waals surface area contributed by atoms with E-state index < -0.39 is 0 Å². The summed E-state index contributed by atoms with van der Waals surface area (Å²) in [5, 5.41) is 9.30. The van der Waals surface area contributed by atoms with Crippen molar-refractivity contribution < 1.29 is 4.74 Å². The Morgan fingerprint density at radius 3 is 2.87 bits per heavy atom. The minimum absolute atomic E-state index is 0.322. The van der Waals surface area contributed by atoms with E-state index in [-0.39, 0.29) is 0 Å². The summed E-state index contributed by atoms with van der Waals surface area (Å²) >= 11 is 5.92. The van der Waals surface area contributed by atoms with Crippen molar-refractivity contribution in [3.63, 3.8) is 0 Å². The quantitative estimate of drug-likeness (QED) is 0.861. The maximum Gasteiger partial charge on any atom is 0.171 e. The third-order valence-electron chi connectivity index (χ3n) is 4.90. The summed E-state index contributed by atoms with van der Waals surface area (Å²) in [4.78, 5) is 6.59. The molecule has 1 unspecified atom stereocenters. The van der Waals surface area contributed by atoms with E-state index >= 15 is 0 Å². The maximum atomic E-state index is 5.92. The van der Waals surface area contributed by atoms with Crippen molar-refractivity contribution in [2.75, 3.05) is 6.54 Å². The first-order valence-electron chi connectivity index (χ1n) is 8.13. The Bertz CT molecular complexity index is 700. The number of nitrogens with zero attached hydrogens (tertiary/aromatic N) is 5. The Labute approximate surface area is 140 Å². The van der Waals surface area contributed by atoms with Gasteiger partial charge in [0.25, 0.3) is 0 Å². The molecule has 2 aromatic rings. The third kappa shape index (κ3) is 2.81. The molecule has 1 saturated carbocycles. The fourth-order valence-electron chi connectivity index (χ4n) is 3.40. The predicted molar refractivity (Wildman–Crippen MR) is 86.4 cm³/mol. The lowest BCUT2D eigenvalue weighted by molar-refractivity contribution is 0.0601. The van der Waals surface area contributed by atoms with Crippen LogP contribution in [0.3, 0.4) is 0 Å². The zero-order chi connectivity index (χ0) is 15.8. The molecule has 2 aromatic heterocycles. The van der Waals surface area contributed by atoms with Crippen LogP contribution in [-0.2, 0) is 13.2 Å². The van der Waals surface area contributed by atoms with Crippen LogP contribution in [0.1, 0.15) is 43.9 Å². The monoisotopic (exact) mass is 333 g/mol. The lowest BCUT2D eigenvalue weighted by Gasteiger charge is -2.43. The Kier molecular flexibility index (Phi) is 3.95. The van der Waals surface area contributed by atoms with Crippen molar-refractivity contribution in [1.82, 2.24) is 24.6 Å². The van der Waals surface area contributed by atoms with E-state index in [4.69, 9.17) is 16.3 Å². The molecule has 1 aliphatic heterocycles. The number of halogens is 1. The predicted octanol–water partition coefficient (Wildman–Crippen LogP) is 2.83. The molecule has 2 aliphatic rings. The number of rotatable bonds is 4. The average molecular weight is 334 g/mol. The fraction of sp³-hybridized carbons (Fsp3) is 0.562. The summed E-state index contributed by atoms with van der Waals surface area (Å²) in [6.45, 7) is 4.59. The minimum atomic E-state index is 0.322. The van der Waals surface area contributed by atoms with Crippen molar-refractivity contribution in [1.29, 1.82) is 0 Å². The van der Waals surface area contributed by atoms with Gasteiger partial charge in [-0.1, -0.05) is 18.0 Å². The summed E-state index contributed by atoms with van der Waals surface area (Å²) in [5.74, 6) is 2.56. The molecule has 0 saturated heterocycles. The van der Waals surface area contributed by atoms with E-state index in [9.17, 15) is 0 Å². The molecule has 0 N–H and O–H groups in total. The van der Waals surface area contributed by atoms with Crippen LogP contribution in [0, 0.1) is 0 Å². The van der Waals surface area contributed by atoms with Crippen molar-refractivity contribution in [2.24, 2.45) is 0 Å². The number of pyridine rings is 1. The second-order valence-electron chi connectivity index (χ2n) is 6.25. The number of fused-ring (bicyclic) bond motifs is 1. The zero-order valence-electron chi connectivity index (χ0n) is 13.2. The number of aromatic nitrogens is 4. The van der Waals surface area contributed by atoms with Crippen LogP contribution in [0.25, 0.3) is 0 Å². The van der Waals surface area contributed by atoms with Gasteiger partial charge in [0.2, 0.25) is 0 Å². The molecule has 0 bridgehead atoms. The highest BCUT2D eigenvalue weighted by Gasteiger charge is 2.34. The first-order valence-corrected chi connectivity index (χ1v) is 8.51. The first kappa shape index (κ1) is 14.9. The fourth-order valence-corrected chi connectivity index (χ4v) is 3.57. The van der Waals surface area contributed by atoms with Crippen LogP contribution < -0.4 is 4.74 Å². The van der Waals surface area contributed by atoms with Gasteiger partial charge < -0.3 is 9.30 Å². The van der Waals surface area contributed by atoms with Crippen molar-refractivity contribution in [3.8, 4) is 5.75 Å². The number of hydrogen-bond acceptors (Lipinski definition) is 5. The van der Waals surface area contributed by atoms with Crippen LogP contribution in [0.15, 0.2) is 18.5 Å². The largest absolute Gasteiger partial charge is 0.484 e. The molecule has 0 spiro atoms. The molecule has 122 valence electrons. The van der Waals surface area contributed by atoms with Gasteiger partial charge in [-0.05, 0) is 19.8 Å². The molecular formula is C16H20ClN5O. The van der Waals surface area contributed by atoms with Gasteiger partial charge in [0.05, 0.1) is 17.3 Å². The summed E-state index contributed by atoms with van der Waals surface area (Å²) in [6.07, 6.45) is 7.23. The van der Waals surface area contributed by atoms with Crippen LogP contribution in [-0.4, -0.2) is 37.2 Å². The minimum Gasteiger partial charge on any atom is -0.484 e. The molecule has 1 fully saturated rings. The second-order valence-corrected chi connectivity index (χ2v) is 6.69. The van der Waals surface area contributed by atoms with E-state index in [0.29, 0.717) is 23.4 Å². The number of hydrogen-bond donors (Lipinski definition) is 0. The van der Waals surface area contributed by atoms with E-state index in [0.717, 1.165) is 30.8 Å². The Morgan fingerprint density at radius 2 is 2.13 bits per heavy atom. The van der Waals surface area contributed by atoms with Gasteiger partial charge in [0.15, 0.2) is 5.82 Å². The van der Waals surface area contributed by atoms with Crippen LogP contribution >= 0.6 is 11.6 Å². The molecule has 7 heteroatoms. The normalized spacial score (nSPS) is 21.7. The van der Waals surface area contributed by atoms with Gasteiger partial charge in [-0.15, -0.1) is 10.2 Å². The third-order valence-corrected chi connectivity index (χ3v) is 5.11. The van der Waals surface area contributed by atoms with E-state index in [1.807, 2.05) is 0 Å². The Morgan fingerprint density at radius 1 is 1.26 bits per heavy atom. The molecule has 0 amide bonds. The highest BCUT2D eigenvalue weighted by atomic mass is 35.5. The lowest BCUT2D eigenvalue weighted by Crippen LogP contribution is -2.47. The molecular weight excluding hydrogens is 314 g/mol. The van der Waals surface area contributed by atoms with Crippen LogP contribution in [0.4, 0.5) is 0 Å². The maximum absolute atomic E-state index is 5.92. The summed E-state index contributed by atoms with van der Waals surface area (Å²) in [5.41, 5.74) is 0. The smallest absolute Gasteiger partial charge is 0.171 e. The SMILES string of the molecule is CC1c2nnc(COc3cncc(Cl)c3)n2CCN1C1CCC1. The second kappa shape index (κ2) is 6.09. The number of ether oxygens (including phenoxy) is 1. The Balaban J connectivity index is 1.47. The molecule has 1 aliphatic carbocycles. The molecule has 3 heterocycles. The van der Waals surface area contributed by atoms with E-state index in [1.165, 1.54) is 19.3 Å². The molecule has 0 radical (unpaired) electrons. The van der Waals surface area contributed by atoms with Gasteiger partial charge in [0.1, 0.15) is 18.2 Å². The van der Waals surface area contributed by atoms with Gasteiger partial charge >= 0.3 is 0 Å². The van der Waals surface area contributed by atoms with Gasteiger partial charge in [-0.2, -0.15) is 0 Å². The first-order chi connectivity index (χ1) is 11.2. The van der Waals surface area contributed by atoms with Gasteiger partial charge in [-0.3, -0.25) is 9.88 Å². The highest BCUT2D eigenvalue weighted by molar-refractivity contribution is 6.30. The summed E-state index contributed by atoms with van der Waals surface area (Å²) in [7, 11) is 0. The zero-order valence-corrected chi connectivity index (χ0v) is 13.9. The van der Waals surface area contributed by atoms with Crippen molar-refractivity contribution in [2.45, 2.75) is 51.4 Å². The van der Waals surface area contributed by atoms with Gasteiger partial charge in [-0.25, -0.2) is 0 Å². The average Bonchev–Trinajstić information content (AvgIpc) is 2.90. The topological polar surface area (TPSA) is 56.1 Å². The molecule has 1 atom stereocenters. The van der Waals surface area contributed by atoms with Crippen molar-refractivity contribution >= 4 is 11.6 Å². The highest BCUT2D eigenvalue weighted by Crippen LogP contribution is 2.34. The molecule has 0 aromatic carbocycles. The van der Waals surface area contributed by atoms with E-state index in [1.54, 1.807) is 18.5 Å². The molecule has 4 rings (SSSR count). The lowest BCUT2D eigenvalue weighted by atomic mass is 9.90. The van der Waals surface area contributed by atoms with Crippen LogP contribution in [0.2, 0.25) is 5.02 Å². The van der Waals surface area contributed by atoms with Crippen molar-refractivity contribution in [3.05, 3.63) is 35.1 Å². The Hall–Kier alpha value is -1.66. The van der Waals surface area contributed by atoms with Gasteiger partial charge in [0, 0.05) is 31.4 Å². The van der Waals surface area contributed by atoms with Crippen LogP contribution in [0.5, 0.6) is 5.75 Å².